The van der Waals surface area contributed by atoms with Crippen LogP contribution in [0.25, 0.3) is 0 Å². The maximum absolute atomic E-state index is 11.5. The zero-order valence-electron chi connectivity index (χ0n) is 7.97. The topological polar surface area (TPSA) is 80.9 Å². The molecular formula is C9H8N4O2. The molecule has 0 saturated heterocycles. The van der Waals surface area contributed by atoms with Crippen LogP contribution in [0.4, 0.5) is 5.82 Å². The Kier molecular flexibility index (Phi) is 2.40. The number of amides is 1. The zero-order valence-corrected chi connectivity index (χ0v) is 7.97. The number of hydrogen-bond acceptors (Lipinski definition) is 5. The number of nitrogens with one attached hydrogen (secondary N) is 1. The predicted octanol–water partition coefficient (Wildman–Crippen LogP) is 1.03. The molecule has 76 valence electrons. The van der Waals surface area contributed by atoms with Crippen LogP contribution in [0, 0.1) is 6.92 Å². The minimum absolute atomic E-state index is 0.234. The molecule has 0 aromatic carbocycles. The number of aromatic nitrogens is 3. The molecule has 0 aliphatic carbocycles. The Morgan fingerprint density at radius 2 is 2.40 bits per heavy atom. The SMILES string of the molecule is Cc1cc(NC(=O)c2cccnn2)no1. The molecule has 0 fully saturated rings. The molecule has 0 atom stereocenters. The highest BCUT2D eigenvalue weighted by atomic mass is 16.5. The van der Waals surface area contributed by atoms with Crippen molar-refractivity contribution >= 4 is 11.7 Å². The van der Waals surface area contributed by atoms with Crippen LogP contribution in [0.2, 0.25) is 0 Å². The van der Waals surface area contributed by atoms with Gasteiger partial charge in [-0.2, -0.15) is 5.10 Å². The van der Waals surface area contributed by atoms with Crippen molar-refractivity contribution in [3.63, 3.8) is 0 Å². The van der Waals surface area contributed by atoms with Crippen molar-refractivity contribution in [2.24, 2.45) is 0 Å². The lowest BCUT2D eigenvalue weighted by atomic mass is 10.3. The van der Waals surface area contributed by atoms with E-state index in [2.05, 4.69) is 20.7 Å². The molecule has 6 nitrogen and oxygen atoms in total. The summed E-state index contributed by atoms with van der Waals surface area (Å²) in [5.41, 5.74) is 0.234. The molecule has 0 bridgehead atoms. The Balaban J connectivity index is 2.11. The van der Waals surface area contributed by atoms with Gasteiger partial charge in [-0.3, -0.25) is 4.79 Å². The Morgan fingerprint density at radius 3 is 3.00 bits per heavy atom. The van der Waals surface area contributed by atoms with Gasteiger partial charge in [0, 0.05) is 12.3 Å². The van der Waals surface area contributed by atoms with E-state index >= 15 is 0 Å². The maximum Gasteiger partial charge on any atom is 0.277 e. The smallest absolute Gasteiger partial charge is 0.277 e. The standard InChI is InChI=1S/C9H8N4O2/c1-6-5-8(13-15-6)11-9(14)7-3-2-4-10-12-7/h2-5H,1H3,(H,11,13,14). The van der Waals surface area contributed by atoms with E-state index in [9.17, 15) is 4.79 Å². The van der Waals surface area contributed by atoms with E-state index in [-0.39, 0.29) is 11.6 Å². The highest BCUT2D eigenvalue weighted by molar-refractivity contribution is 6.02. The average molecular weight is 204 g/mol. The quantitative estimate of drug-likeness (QED) is 0.789. The summed E-state index contributed by atoms with van der Waals surface area (Å²) in [6.45, 7) is 1.74. The molecule has 0 spiro atoms. The highest BCUT2D eigenvalue weighted by Crippen LogP contribution is 2.07. The van der Waals surface area contributed by atoms with Gasteiger partial charge in [-0.1, -0.05) is 5.16 Å². The number of nitrogens with zero attached hydrogens (tertiary/aromatic N) is 3. The second-order valence-electron chi connectivity index (χ2n) is 2.89. The van der Waals surface area contributed by atoms with E-state index in [1.807, 2.05) is 0 Å². The van der Waals surface area contributed by atoms with Crippen LogP contribution in [-0.4, -0.2) is 21.3 Å². The molecule has 0 unspecified atom stereocenters. The van der Waals surface area contributed by atoms with Crippen molar-refractivity contribution in [2.45, 2.75) is 6.92 Å². The van der Waals surface area contributed by atoms with Gasteiger partial charge >= 0.3 is 0 Å². The van der Waals surface area contributed by atoms with E-state index in [1.165, 1.54) is 6.20 Å². The van der Waals surface area contributed by atoms with E-state index in [0.717, 1.165) is 0 Å². The van der Waals surface area contributed by atoms with Gasteiger partial charge in [-0.05, 0) is 19.1 Å². The summed E-state index contributed by atoms with van der Waals surface area (Å²) in [6.07, 6.45) is 1.50. The van der Waals surface area contributed by atoms with Crippen molar-refractivity contribution < 1.29 is 9.32 Å². The highest BCUT2D eigenvalue weighted by Gasteiger charge is 2.09. The Hall–Kier alpha value is -2.24. The zero-order chi connectivity index (χ0) is 10.7. The van der Waals surface area contributed by atoms with Crippen molar-refractivity contribution in [1.29, 1.82) is 0 Å². The molecule has 0 saturated carbocycles. The van der Waals surface area contributed by atoms with Crippen LogP contribution in [0.3, 0.4) is 0 Å². The largest absolute Gasteiger partial charge is 0.360 e. The molecule has 2 heterocycles. The second-order valence-corrected chi connectivity index (χ2v) is 2.89. The van der Waals surface area contributed by atoms with E-state index < -0.39 is 0 Å². The van der Waals surface area contributed by atoms with Gasteiger partial charge in [0.1, 0.15) is 5.76 Å². The summed E-state index contributed by atoms with van der Waals surface area (Å²) in [7, 11) is 0. The summed E-state index contributed by atoms with van der Waals surface area (Å²) < 4.78 is 4.80. The predicted molar refractivity (Wildman–Crippen MR) is 51.2 cm³/mol. The molecule has 0 aliphatic heterocycles. The number of hydrogen-bond donors (Lipinski definition) is 1. The normalized spacial score (nSPS) is 9.93. The Bertz CT molecular complexity index is 466. The van der Waals surface area contributed by atoms with Crippen LogP contribution in [-0.2, 0) is 0 Å². The first-order valence-electron chi connectivity index (χ1n) is 4.28. The second kappa shape index (κ2) is 3.87. The van der Waals surface area contributed by atoms with E-state index in [1.54, 1.807) is 25.1 Å². The minimum atomic E-state index is -0.364. The third-order valence-electron chi connectivity index (χ3n) is 1.67. The van der Waals surface area contributed by atoms with Crippen molar-refractivity contribution in [3.05, 3.63) is 35.9 Å². The molecular weight excluding hydrogens is 196 g/mol. The van der Waals surface area contributed by atoms with Crippen LogP contribution in [0.1, 0.15) is 16.2 Å². The summed E-state index contributed by atoms with van der Waals surface area (Å²) in [5.74, 6) is 0.629. The Labute approximate surface area is 85.3 Å². The molecule has 1 N–H and O–H groups in total. The van der Waals surface area contributed by atoms with E-state index in [4.69, 9.17) is 4.52 Å². The summed E-state index contributed by atoms with van der Waals surface area (Å²) in [4.78, 5) is 11.5. The number of carbonyl (C=O) groups is 1. The number of carbonyl (C=O) groups excluding carboxylic acids is 1. The van der Waals surface area contributed by atoms with Gasteiger partial charge in [0.2, 0.25) is 0 Å². The third-order valence-corrected chi connectivity index (χ3v) is 1.67. The fraction of sp³-hybridized carbons (Fsp3) is 0.111. The fourth-order valence-electron chi connectivity index (χ4n) is 1.03. The first kappa shape index (κ1) is 9.32. The first-order chi connectivity index (χ1) is 7.25. The molecule has 2 rings (SSSR count). The molecule has 0 aliphatic rings. The summed E-state index contributed by atoms with van der Waals surface area (Å²) in [5, 5.41) is 13.4. The van der Waals surface area contributed by atoms with Crippen LogP contribution < -0.4 is 5.32 Å². The molecule has 1 amide bonds. The van der Waals surface area contributed by atoms with Crippen molar-refractivity contribution in [1.82, 2.24) is 15.4 Å². The average Bonchev–Trinajstić information content (AvgIpc) is 2.65. The summed E-state index contributed by atoms with van der Waals surface area (Å²) in [6, 6.07) is 4.82. The number of aryl methyl sites for hydroxylation is 1. The van der Waals surface area contributed by atoms with Crippen molar-refractivity contribution in [2.75, 3.05) is 5.32 Å². The van der Waals surface area contributed by atoms with Gasteiger partial charge < -0.3 is 9.84 Å². The monoisotopic (exact) mass is 204 g/mol. The first-order valence-corrected chi connectivity index (χ1v) is 4.28. The van der Waals surface area contributed by atoms with Gasteiger partial charge in [0.25, 0.3) is 5.91 Å². The molecule has 15 heavy (non-hydrogen) atoms. The van der Waals surface area contributed by atoms with Gasteiger partial charge in [-0.15, -0.1) is 5.10 Å². The van der Waals surface area contributed by atoms with Crippen LogP contribution >= 0.6 is 0 Å². The lowest BCUT2D eigenvalue weighted by Crippen LogP contribution is -2.14. The third kappa shape index (κ3) is 2.16. The lowest BCUT2D eigenvalue weighted by Gasteiger charge is -1.97. The maximum atomic E-state index is 11.5. The number of anilines is 1. The van der Waals surface area contributed by atoms with Gasteiger partial charge in [0.05, 0.1) is 0 Å². The lowest BCUT2D eigenvalue weighted by molar-refractivity contribution is 0.102. The molecule has 2 aromatic heterocycles. The summed E-state index contributed by atoms with van der Waals surface area (Å²) >= 11 is 0. The van der Waals surface area contributed by atoms with Gasteiger partial charge in [0.15, 0.2) is 11.5 Å². The van der Waals surface area contributed by atoms with Crippen LogP contribution in [0.5, 0.6) is 0 Å². The Morgan fingerprint density at radius 1 is 1.53 bits per heavy atom. The number of rotatable bonds is 2. The molecule has 0 radical (unpaired) electrons. The fourth-order valence-corrected chi connectivity index (χ4v) is 1.03. The van der Waals surface area contributed by atoms with Gasteiger partial charge in [-0.25, -0.2) is 0 Å². The molecule has 6 heteroatoms. The minimum Gasteiger partial charge on any atom is -0.360 e. The van der Waals surface area contributed by atoms with Crippen LogP contribution in [0.15, 0.2) is 28.9 Å². The van der Waals surface area contributed by atoms with E-state index in [0.29, 0.717) is 11.6 Å². The molecule has 2 aromatic rings. The van der Waals surface area contributed by atoms with Crippen molar-refractivity contribution in [3.8, 4) is 0 Å².